The van der Waals surface area contributed by atoms with Crippen molar-refractivity contribution < 1.29 is 72.2 Å². The summed E-state index contributed by atoms with van der Waals surface area (Å²) in [6.07, 6.45) is 0.0424. The average Bonchev–Trinajstić information content (AvgIpc) is 0.852. The number of amides is 13. The summed E-state index contributed by atoms with van der Waals surface area (Å²) in [6.45, 7) is 24.9. The van der Waals surface area contributed by atoms with Crippen molar-refractivity contribution in [2.24, 2.45) is 162 Å². The zero-order valence-corrected chi connectivity index (χ0v) is 80.9. The quantitative estimate of drug-likeness (QED) is 0.0153. The van der Waals surface area contributed by atoms with E-state index in [1.54, 1.807) is 83.1 Å². The maximum Gasteiger partial charge on any atom is 0.326 e. The topological polar surface area (TPSA) is 892 Å². The fraction of sp³-hybridized carbons (Fsp3) is 0.750. The number of carboxylic acids is 1. The molecular weight excluding hydrogens is 1740 g/mol. The molecule has 0 radical (unpaired) electrons. The highest BCUT2D eigenvalue weighted by atomic mass is 16.4. The molecule has 0 bridgehead atoms. The van der Waals surface area contributed by atoms with Gasteiger partial charge in [0, 0.05) is 45.8 Å². The maximum absolute atomic E-state index is 15.1. The Balaban J connectivity index is 7.92. The molecule has 0 fully saturated rings. The van der Waals surface area contributed by atoms with Gasteiger partial charge in [-0.1, -0.05) is 96.9 Å². The molecule has 0 heterocycles. The molecule has 0 aliphatic carbocycles. The minimum atomic E-state index is -1.52. The summed E-state index contributed by atoms with van der Waals surface area (Å²) in [6, 6.07) is -19.4. The lowest BCUT2D eigenvalue weighted by atomic mass is 9.99. The van der Waals surface area contributed by atoms with Gasteiger partial charge in [-0.05, 0) is 176 Å². The Labute approximate surface area is 787 Å². The molecule has 0 unspecified atom stereocenters. The molecule has 0 aromatic carbocycles. The average molecular weight is 1900 g/mol. The van der Waals surface area contributed by atoms with Gasteiger partial charge in [0.2, 0.25) is 76.8 Å². The second kappa shape index (κ2) is 65.9. The number of aliphatic imine (C=N–C) groups is 7. The lowest BCUT2D eigenvalue weighted by Crippen LogP contribution is -2.61. The highest BCUT2D eigenvalue weighted by molar-refractivity contribution is 6.00. The van der Waals surface area contributed by atoms with E-state index < -0.39 is 167 Å². The van der Waals surface area contributed by atoms with Gasteiger partial charge in [0.25, 0.3) is 0 Å². The van der Waals surface area contributed by atoms with E-state index in [2.05, 4.69) is 104 Å². The first-order chi connectivity index (χ1) is 62.6. The lowest BCUT2D eigenvalue weighted by molar-refractivity contribution is -0.142. The first-order valence-electron chi connectivity index (χ1n) is 45.9. The van der Waals surface area contributed by atoms with Crippen molar-refractivity contribution in [2.75, 3.05) is 45.8 Å². The van der Waals surface area contributed by atoms with Crippen LogP contribution in [0.1, 0.15) is 232 Å². The summed E-state index contributed by atoms with van der Waals surface area (Å²) < 4.78 is 0. The van der Waals surface area contributed by atoms with Gasteiger partial charge in [-0.15, -0.1) is 0 Å². The zero-order valence-electron chi connectivity index (χ0n) is 80.9. The van der Waals surface area contributed by atoms with Crippen LogP contribution in [0.25, 0.3) is 0 Å². The molecule has 134 heavy (non-hydrogen) atoms. The number of carbonyl (C=O) groups is 14. The Kier molecular flexibility index (Phi) is 59.7. The molecule has 0 aromatic rings. The zero-order chi connectivity index (χ0) is 102. The number of aliphatic carboxylic acids is 1. The molecule has 764 valence electrons. The van der Waals surface area contributed by atoms with Crippen molar-refractivity contribution in [3.63, 3.8) is 0 Å². The van der Waals surface area contributed by atoms with E-state index in [0.29, 0.717) is 6.42 Å². The van der Waals surface area contributed by atoms with Crippen LogP contribution < -0.4 is 155 Å². The van der Waals surface area contributed by atoms with Crippen molar-refractivity contribution in [3.8, 4) is 0 Å². The number of rotatable bonds is 69. The highest BCUT2D eigenvalue weighted by Gasteiger charge is 2.39. The number of nitrogens with one attached hydrogen (secondary N) is 13. The highest BCUT2D eigenvalue weighted by Crippen LogP contribution is 2.18. The standard InChI is InChI=1S/C84H163N35O15/c1-43(2)36-50(85)64(120)107-51(22-15-29-100-78(86)87)65(121)114-58(37-44(3)4)71(127)108-52(23-16-30-101-79(88)89)66(122)115-59(38-45(5)6)72(128)109-53(24-17-31-102-80(90)91)67(123)116-60(39-46(7)8)73(129)110-54(25-18-32-103-81(92)93)68(124)117-61(40-47(9)10)74(130)111-55(26-19-33-104-82(94)95)69(125)118-62(41-48(11)12)75(131)112-56(27-20-34-105-83(96)97)70(126)119-63(42-49(13)14)76(132)113-57(77(133)134)28-21-35-106-84(98)99/h43-63H,15-42,85H2,1-14H3,(H,107,120)(H,108,127)(H,109,128)(H,110,129)(H,111,130)(H,112,131)(H,113,132)(H,114,121)(H,115,122)(H,116,123)(H,117,124)(H,118,125)(H,119,126)(H,133,134)(H4,86,87,100)(H4,88,89,101)(H4,90,91,102)(H4,92,93,103)(H4,94,95,104)(H4,96,97,105)(H4,98,99,106)/t50-,51-,52-,53-,54-,55-,56-,57-,58-,59-,60-,61-,62-,63-/m0/s1. The minimum Gasteiger partial charge on any atom is -0.480 e. The van der Waals surface area contributed by atoms with Crippen LogP contribution in [0.2, 0.25) is 0 Å². The first kappa shape index (κ1) is 121. The van der Waals surface area contributed by atoms with Crippen molar-refractivity contribution in [1.82, 2.24) is 69.1 Å². The molecule has 0 rings (SSSR count). The Morgan fingerprint density at radius 1 is 0.194 bits per heavy atom. The van der Waals surface area contributed by atoms with Gasteiger partial charge >= 0.3 is 5.97 Å². The van der Waals surface area contributed by atoms with Crippen LogP contribution in [0.5, 0.6) is 0 Å². The van der Waals surface area contributed by atoms with Crippen molar-refractivity contribution >= 4 is 124 Å². The minimum absolute atomic E-state index is 0.00482. The van der Waals surface area contributed by atoms with Crippen molar-refractivity contribution in [3.05, 3.63) is 0 Å². The summed E-state index contributed by atoms with van der Waals surface area (Å²) in [7, 11) is 0. The predicted molar refractivity (Wildman–Crippen MR) is 516 cm³/mol. The van der Waals surface area contributed by atoms with Gasteiger partial charge in [0.1, 0.15) is 78.5 Å². The van der Waals surface area contributed by atoms with Crippen LogP contribution >= 0.6 is 0 Å². The molecular formula is C84H163N35O15. The number of carboxylic acid groups (broad SMARTS) is 1. The SMILES string of the molecule is CC(C)C[C@H](NC(=O)[C@H](CCCN=C(N)N)NC(=O)[C@H](CC(C)C)NC(=O)[C@H](CCCN=C(N)N)NC(=O)[C@H](CC(C)C)NC(=O)[C@H](CCCN=C(N)N)NC(=O)[C@H](CC(C)C)NC(=O)[C@H](CCCN=C(N)N)NC(=O)[C@H](CC(C)C)NC(=O)[C@H](CCCN=C(N)N)NC(=O)[C@H](CC(C)C)NC(=O)[C@H](CCCN=C(N)N)NC(=O)[C@@H](N)CC(C)C)C(=O)N[C@@H](CCCN=C(N)N)C(=O)O. The third kappa shape index (κ3) is 56.3. The predicted octanol–water partition coefficient (Wildman–Crippen LogP) is -6.60. The van der Waals surface area contributed by atoms with E-state index in [9.17, 15) is 53.1 Å². The summed E-state index contributed by atoms with van der Waals surface area (Å²) in [5.74, 6) is -15.9. The van der Waals surface area contributed by atoms with E-state index in [0.717, 1.165) is 0 Å². The normalized spacial score (nSPS) is 14.3. The lowest BCUT2D eigenvalue weighted by Gasteiger charge is -2.30. The second-order valence-corrected chi connectivity index (χ2v) is 36.3. The number of hydrogen-bond acceptors (Lipinski definition) is 22. The van der Waals surface area contributed by atoms with Gasteiger partial charge < -0.3 is 160 Å². The fourth-order valence-corrected chi connectivity index (χ4v) is 13.8. The van der Waals surface area contributed by atoms with Crippen LogP contribution in [-0.2, 0) is 67.1 Å². The molecule has 13 amide bonds. The monoisotopic (exact) mass is 1900 g/mol. The smallest absolute Gasteiger partial charge is 0.326 e. The molecule has 14 atom stereocenters. The Hall–Kier alpha value is -12.6. The van der Waals surface area contributed by atoms with Crippen molar-refractivity contribution in [1.29, 1.82) is 0 Å². The van der Waals surface area contributed by atoms with Crippen LogP contribution in [-0.4, -0.2) is 260 Å². The molecule has 50 nitrogen and oxygen atoms in total. The first-order valence-corrected chi connectivity index (χ1v) is 45.9. The van der Waals surface area contributed by atoms with Gasteiger partial charge in [0.05, 0.1) is 6.04 Å². The Bertz CT molecular complexity index is 3880. The van der Waals surface area contributed by atoms with Gasteiger partial charge in [-0.3, -0.25) is 97.3 Å². The largest absolute Gasteiger partial charge is 0.480 e. The van der Waals surface area contributed by atoms with Gasteiger partial charge in [-0.2, -0.15) is 0 Å². The van der Waals surface area contributed by atoms with E-state index >= 15 is 19.2 Å². The molecule has 0 aliphatic rings. The summed E-state index contributed by atoms with van der Waals surface area (Å²) in [5.41, 5.74) is 84.7. The molecule has 44 N–H and O–H groups in total. The van der Waals surface area contributed by atoms with E-state index in [1.165, 1.54) is 0 Å². The summed E-state index contributed by atoms with van der Waals surface area (Å²) >= 11 is 0. The Morgan fingerprint density at radius 3 is 0.448 bits per heavy atom. The Morgan fingerprint density at radius 2 is 0.313 bits per heavy atom. The van der Waals surface area contributed by atoms with Crippen LogP contribution in [0.15, 0.2) is 34.9 Å². The van der Waals surface area contributed by atoms with E-state index in [4.69, 9.17) is 86.0 Å². The number of nitrogens with zero attached hydrogens (tertiary/aromatic N) is 7. The molecule has 0 aliphatic heterocycles. The third-order valence-corrected chi connectivity index (χ3v) is 20.1. The third-order valence-electron chi connectivity index (χ3n) is 20.1. The van der Waals surface area contributed by atoms with Gasteiger partial charge in [-0.25, -0.2) is 4.79 Å². The summed E-state index contributed by atoms with van der Waals surface area (Å²) in [5, 5.41) is 45.3. The molecule has 50 heteroatoms. The summed E-state index contributed by atoms with van der Waals surface area (Å²) in [4.78, 5) is 231. The van der Waals surface area contributed by atoms with E-state index in [-0.39, 0.29) is 257 Å². The van der Waals surface area contributed by atoms with E-state index in [1.807, 2.05) is 13.8 Å². The number of carbonyl (C=O) groups excluding carboxylic acids is 13. The van der Waals surface area contributed by atoms with Crippen molar-refractivity contribution in [2.45, 2.75) is 316 Å². The van der Waals surface area contributed by atoms with Gasteiger partial charge in [0.15, 0.2) is 41.7 Å². The molecule has 0 saturated heterocycles. The number of hydrogen-bond donors (Lipinski definition) is 29. The maximum atomic E-state index is 15.1. The second-order valence-electron chi connectivity index (χ2n) is 36.3. The number of nitrogens with two attached hydrogens (primary N) is 15. The van der Waals surface area contributed by atoms with Crippen LogP contribution in [0.4, 0.5) is 0 Å². The molecule has 0 aromatic heterocycles. The van der Waals surface area contributed by atoms with Crippen LogP contribution in [0.3, 0.4) is 0 Å². The molecule has 0 saturated carbocycles. The number of guanidine groups is 7. The molecule has 0 spiro atoms. The fourth-order valence-electron chi connectivity index (χ4n) is 13.8. The van der Waals surface area contributed by atoms with Crippen LogP contribution in [0, 0.1) is 41.4 Å².